The second-order valence-corrected chi connectivity index (χ2v) is 7.07. The van der Waals surface area contributed by atoms with E-state index in [1.54, 1.807) is 23.5 Å². The van der Waals surface area contributed by atoms with E-state index in [-0.39, 0.29) is 11.8 Å². The fraction of sp³-hybridized carbons (Fsp3) is 0.389. The summed E-state index contributed by atoms with van der Waals surface area (Å²) in [7, 11) is 0. The van der Waals surface area contributed by atoms with Crippen molar-refractivity contribution >= 4 is 23.0 Å². The number of guanidine groups is 1. The number of rotatable bonds is 7. The van der Waals surface area contributed by atoms with E-state index in [0.29, 0.717) is 19.0 Å². The first-order chi connectivity index (χ1) is 12.7. The summed E-state index contributed by atoms with van der Waals surface area (Å²) >= 11 is 1.69. The zero-order valence-electron chi connectivity index (χ0n) is 14.4. The fourth-order valence-electron chi connectivity index (χ4n) is 2.67. The van der Waals surface area contributed by atoms with Gasteiger partial charge in [0.1, 0.15) is 0 Å². The van der Waals surface area contributed by atoms with E-state index in [9.17, 15) is 10.1 Å². The number of nitrogens with one attached hydrogen (secondary N) is 2. The summed E-state index contributed by atoms with van der Waals surface area (Å²) in [6.45, 7) is 2.69. The molecule has 0 bridgehead atoms. The van der Waals surface area contributed by atoms with E-state index in [4.69, 9.17) is 4.74 Å². The van der Waals surface area contributed by atoms with Crippen LogP contribution < -0.4 is 10.6 Å². The number of nitrogens with zero attached hydrogens (tertiary/aromatic N) is 2. The molecule has 1 unspecified atom stereocenters. The van der Waals surface area contributed by atoms with E-state index >= 15 is 0 Å². The molecule has 0 aliphatic carbocycles. The molecule has 0 radical (unpaired) electrons. The first-order valence-corrected chi connectivity index (χ1v) is 9.48. The number of nitro benzene ring substituents is 1. The van der Waals surface area contributed by atoms with Gasteiger partial charge in [-0.3, -0.25) is 10.1 Å². The van der Waals surface area contributed by atoms with Gasteiger partial charge in [-0.25, -0.2) is 4.99 Å². The summed E-state index contributed by atoms with van der Waals surface area (Å²) in [5.74, 6) is 0.715. The zero-order valence-corrected chi connectivity index (χ0v) is 15.2. The molecule has 0 amide bonds. The largest absolute Gasteiger partial charge is 0.376 e. The second kappa shape index (κ2) is 9.30. The zero-order chi connectivity index (χ0) is 18.2. The molecule has 3 rings (SSSR count). The average Bonchev–Trinajstić information content (AvgIpc) is 3.35. The molecule has 1 aliphatic rings. The second-order valence-electron chi connectivity index (χ2n) is 6.04. The minimum Gasteiger partial charge on any atom is -0.376 e. The molecule has 1 saturated heterocycles. The molecular formula is C18H22N4O3S. The van der Waals surface area contributed by atoms with Gasteiger partial charge in [0.25, 0.3) is 5.69 Å². The Morgan fingerprint density at radius 1 is 1.31 bits per heavy atom. The van der Waals surface area contributed by atoms with Crippen LogP contribution in [0.2, 0.25) is 0 Å². The van der Waals surface area contributed by atoms with Crippen molar-refractivity contribution in [1.29, 1.82) is 0 Å². The first-order valence-electron chi connectivity index (χ1n) is 8.60. The Balaban J connectivity index is 1.59. The number of hydrogen-bond donors (Lipinski definition) is 2. The third-order valence-electron chi connectivity index (χ3n) is 4.10. The van der Waals surface area contributed by atoms with Crippen molar-refractivity contribution in [2.24, 2.45) is 4.99 Å². The molecule has 2 N–H and O–H groups in total. The van der Waals surface area contributed by atoms with Crippen LogP contribution in [0.1, 0.15) is 23.3 Å². The van der Waals surface area contributed by atoms with E-state index in [1.807, 2.05) is 11.4 Å². The number of non-ortho nitro benzene ring substituents is 1. The van der Waals surface area contributed by atoms with Gasteiger partial charge in [0.2, 0.25) is 0 Å². The van der Waals surface area contributed by atoms with Crippen LogP contribution in [0.25, 0.3) is 0 Å². The lowest BCUT2D eigenvalue weighted by molar-refractivity contribution is -0.384. The van der Waals surface area contributed by atoms with Crippen LogP contribution >= 0.6 is 11.3 Å². The minimum atomic E-state index is -0.399. The van der Waals surface area contributed by atoms with Gasteiger partial charge in [-0.1, -0.05) is 18.2 Å². The predicted molar refractivity (Wildman–Crippen MR) is 102 cm³/mol. The smallest absolute Gasteiger partial charge is 0.269 e. The molecule has 7 nitrogen and oxygen atoms in total. The molecule has 2 aromatic rings. The number of hydrogen-bond acceptors (Lipinski definition) is 5. The molecule has 1 aromatic carbocycles. The van der Waals surface area contributed by atoms with Crippen LogP contribution in [0.3, 0.4) is 0 Å². The number of ether oxygens (including phenoxy) is 1. The van der Waals surface area contributed by atoms with Crippen molar-refractivity contribution < 1.29 is 9.66 Å². The highest BCUT2D eigenvalue weighted by molar-refractivity contribution is 7.09. The lowest BCUT2D eigenvalue weighted by Gasteiger charge is -2.15. The van der Waals surface area contributed by atoms with Crippen molar-refractivity contribution in [3.8, 4) is 0 Å². The number of thiophene rings is 1. The summed E-state index contributed by atoms with van der Waals surface area (Å²) in [5, 5.41) is 19.4. The van der Waals surface area contributed by atoms with Crippen molar-refractivity contribution in [3.05, 3.63) is 62.3 Å². The van der Waals surface area contributed by atoms with Crippen molar-refractivity contribution in [2.45, 2.75) is 32.0 Å². The highest BCUT2D eigenvalue weighted by atomic mass is 32.1. The third-order valence-corrected chi connectivity index (χ3v) is 4.97. The quantitative estimate of drug-likeness (QED) is 0.336. The molecule has 26 heavy (non-hydrogen) atoms. The molecule has 1 aliphatic heterocycles. The molecular weight excluding hydrogens is 352 g/mol. The van der Waals surface area contributed by atoms with Gasteiger partial charge in [0.15, 0.2) is 5.96 Å². The Labute approximate surface area is 156 Å². The summed E-state index contributed by atoms with van der Waals surface area (Å²) in [4.78, 5) is 16.2. The summed E-state index contributed by atoms with van der Waals surface area (Å²) in [5.41, 5.74) is 1.01. The van der Waals surface area contributed by atoms with Gasteiger partial charge < -0.3 is 15.4 Å². The number of aliphatic imine (C=N–C) groups is 1. The lowest BCUT2D eigenvalue weighted by Crippen LogP contribution is -2.40. The van der Waals surface area contributed by atoms with E-state index in [1.165, 1.54) is 17.0 Å². The van der Waals surface area contributed by atoms with E-state index < -0.39 is 4.92 Å². The van der Waals surface area contributed by atoms with Crippen LogP contribution in [-0.2, 0) is 17.8 Å². The topological polar surface area (TPSA) is 88.8 Å². The highest BCUT2D eigenvalue weighted by Gasteiger charge is 2.15. The molecule has 8 heteroatoms. The van der Waals surface area contributed by atoms with Crippen LogP contribution in [0.15, 0.2) is 46.8 Å². The Bertz CT molecular complexity index is 725. The molecule has 0 spiro atoms. The maximum absolute atomic E-state index is 10.7. The predicted octanol–water partition coefficient (Wildman–Crippen LogP) is 3.07. The van der Waals surface area contributed by atoms with E-state index in [2.05, 4.69) is 21.7 Å². The van der Waals surface area contributed by atoms with Gasteiger partial charge in [-0.05, 0) is 29.9 Å². The SMILES string of the molecule is O=[N+]([O-])c1ccc(CN=C(NCc2cccs2)NCC2CCCO2)cc1. The Hall–Kier alpha value is -2.45. The fourth-order valence-corrected chi connectivity index (χ4v) is 3.31. The van der Waals surface area contributed by atoms with Crippen LogP contribution in [0.5, 0.6) is 0 Å². The van der Waals surface area contributed by atoms with Gasteiger partial charge in [0.05, 0.1) is 24.1 Å². The van der Waals surface area contributed by atoms with Gasteiger partial charge >= 0.3 is 0 Å². The maximum Gasteiger partial charge on any atom is 0.269 e. The maximum atomic E-state index is 10.7. The van der Waals surface area contributed by atoms with Crippen molar-refractivity contribution in [3.63, 3.8) is 0 Å². The molecule has 1 atom stereocenters. The third kappa shape index (κ3) is 5.53. The molecule has 1 fully saturated rings. The van der Waals surface area contributed by atoms with Crippen molar-refractivity contribution in [2.75, 3.05) is 13.2 Å². The number of nitro groups is 1. The lowest BCUT2D eigenvalue weighted by atomic mass is 10.2. The van der Waals surface area contributed by atoms with Crippen LogP contribution in [0.4, 0.5) is 5.69 Å². The molecule has 1 aromatic heterocycles. The molecule has 0 saturated carbocycles. The standard InChI is InChI=1S/C18H22N4O3S/c23-22(24)15-7-5-14(6-8-15)11-19-18(20-12-16-3-1-9-25-16)21-13-17-4-2-10-26-17/h2,4-8,10,16H,1,3,9,11-13H2,(H2,19,20,21). The molecule has 2 heterocycles. The summed E-state index contributed by atoms with van der Waals surface area (Å²) < 4.78 is 5.65. The van der Waals surface area contributed by atoms with Gasteiger partial charge in [0, 0.05) is 30.2 Å². The van der Waals surface area contributed by atoms with Crippen LogP contribution in [0, 0.1) is 10.1 Å². The molecule has 138 valence electrons. The van der Waals surface area contributed by atoms with Crippen molar-refractivity contribution in [1.82, 2.24) is 10.6 Å². The summed E-state index contributed by atoms with van der Waals surface area (Å²) in [6.07, 6.45) is 2.39. The van der Waals surface area contributed by atoms with Crippen LogP contribution in [-0.4, -0.2) is 30.1 Å². The Kier molecular flexibility index (Phi) is 6.56. The number of benzene rings is 1. The first kappa shape index (κ1) is 18.3. The average molecular weight is 374 g/mol. The van der Waals surface area contributed by atoms with Gasteiger partial charge in [-0.15, -0.1) is 11.3 Å². The van der Waals surface area contributed by atoms with Gasteiger partial charge in [-0.2, -0.15) is 0 Å². The Morgan fingerprint density at radius 3 is 2.81 bits per heavy atom. The Morgan fingerprint density at radius 2 is 2.15 bits per heavy atom. The minimum absolute atomic E-state index is 0.0882. The van der Waals surface area contributed by atoms with E-state index in [0.717, 1.165) is 31.6 Å². The highest BCUT2D eigenvalue weighted by Crippen LogP contribution is 2.13. The monoisotopic (exact) mass is 374 g/mol. The normalized spacial score (nSPS) is 17.2. The summed E-state index contributed by atoms with van der Waals surface area (Å²) in [6, 6.07) is 10.6.